The molecule has 1 aromatic heterocycles. The third-order valence-corrected chi connectivity index (χ3v) is 1.96. The first kappa shape index (κ1) is 12.2. The number of carboxylic acids is 1. The van der Waals surface area contributed by atoms with Crippen LogP contribution < -0.4 is 0 Å². The van der Waals surface area contributed by atoms with Crippen LogP contribution >= 0.6 is 0 Å². The van der Waals surface area contributed by atoms with Crippen LogP contribution in [0.25, 0.3) is 0 Å². The second-order valence-electron chi connectivity index (χ2n) is 3.21. The highest BCUT2D eigenvalue weighted by Gasteiger charge is 2.23. The SMILES string of the molecule is COC(=O)c1nn(C)cc1[C@H](O)CC(=O)O. The van der Waals surface area contributed by atoms with Crippen LogP contribution in [0.2, 0.25) is 0 Å². The molecule has 0 aliphatic rings. The summed E-state index contributed by atoms with van der Waals surface area (Å²) < 4.78 is 5.78. The number of carbonyl (C=O) groups excluding carboxylic acids is 1. The number of hydrogen-bond donors (Lipinski definition) is 2. The standard InChI is InChI=1S/C9H12N2O5/c1-11-4-5(6(12)3-7(13)14)8(10-11)9(15)16-2/h4,6,12H,3H2,1-2H3,(H,13,14)/t6-/m1/s1. The number of aromatic nitrogens is 2. The van der Waals surface area contributed by atoms with Gasteiger partial charge in [-0.1, -0.05) is 0 Å². The number of ether oxygens (including phenoxy) is 1. The summed E-state index contributed by atoms with van der Waals surface area (Å²) in [5, 5.41) is 21.9. The molecule has 16 heavy (non-hydrogen) atoms. The summed E-state index contributed by atoms with van der Waals surface area (Å²) in [6, 6.07) is 0. The summed E-state index contributed by atoms with van der Waals surface area (Å²) >= 11 is 0. The van der Waals surface area contributed by atoms with Gasteiger partial charge in [-0.05, 0) is 0 Å². The van der Waals surface area contributed by atoms with Crippen molar-refractivity contribution in [2.24, 2.45) is 7.05 Å². The Hall–Kier alpha value is -1.89. The van der Waals surface area contributed by atoms with Crippen molar-refractivity contribution in [1.29, 1.82) is 0 Å². The zero-order chi connectivity index (χ0) is 12.3. The molecular formula is C9H12N2O5. The molecule has 2 N–H and O–H groups in total. The number of esters is 1. The first-order valence-corrected chi connectivity index (χ1v) is 4.47. The maximum atomic E-state index is 11.3. The summed E-state index contributed by atoms with van der Waals surface area (Å²) in [5.74, 6) is -1.87. The van der Waals surface area contributed by atoms with Crippen LogP contribution in [0.15, 0.2) is 6.20 Å². The molecule has 0 aromatic carbocycles. The van der Waals surface area contributed by atoms with Crippen LogP contribution in [0.1, 0.15) is 28.6 Å². The maximum absolute atomic E-state index is 11.3. The first-order chi connectivity index (χ1) is 7.45. The summed E-state index contributed by atoms with van der Waals surface area (Å²) in [6.07, 6.45) is -0.379. The normalized spacial score (nSPS) is 12.2. The molecule has 0 unspecified atom stereocenters. The molecule has 0 radical (unpaired) electrons. The lowest BCUT2D eigenvalue weighted by molar-refractivity contribution is -0.139. The van der Waals surface area contributed by atoms with E-state index in [0.717, 1.165) is 0 Å². The number of aliphatic hydroxyl groups excluding tert-OH is 1. The Balaban J connectivity index is 3.02. The van der Waals surface area contributed by atoms with E-state index in [1.807, 2.05) is 0 Å². The fraction of sp³-hybridized carbons (Fsp3) is 0.444. The lowest BCUT2D eigenvalue weighted by atomic mass is 10.1. The van der Waals surface area contributed by atoms with Crippen molar-refractivity contribution >= 4 is 11.9 Å². The first-order valence-electron chi connectivity index (χ1n) is 4.47. The summed E-state index contributed by atoms with van der Waals surface area (Å²) in [6.45, 7) is 0. The van der Waals surface area contributed by atoms with Gasteiger partial charge in [-0.25, -0.2) is 4.79 Å². The topological polar surface area (TPSA) is 102 Å². The lowest BCUT2D eigenvalue weighted by Gasteiger charge is -2.06. The fourth-order valence-corrected chi connectivity index (χ4v) is 1.28. The van der Waals surface area contributed by atoms with E-state index >= 15 is 0 Å². The van der Waals surface area contributed by atoms with E-state index in [0.29, 0.717) is 0 Å². The predicted octanol–water partition coefficient (Wildman–Crippen LogP) is -0.285. The molecule has 0 aliphatic heterocycles. The van der Waals surface area contributed by atoms with E-state index < -0.39 is 24.5 Å². The van der Waals surface area contributed by atoms with E-state index in [9.17, 15) is 14.7 Å². The van der Waals surface area contributed by atoms with Crippen molar-refractivity contribution in [2.45, 2.75) is 12.5 Å². The number of aliphatic carboxylic acids is 1. The molecule has 0 fully saturated rings. The molecule has 1 atom stereocenters. The lowest BCUT2D eigenvalue weighted by Crippen LogP contribution is -2.11. The Morgan fingerprint density at radius 3 is 2.75 bits per heavy atom. The minimum absolute atomic E-state index is 0.0706. The number of methoxy groups -OCH3 is 1. The van der Waals surface area contributed by atoms with Gasteiger partial charge in [-0.15, -0.1) is 0 Å². The van der Waals surface area contributed by atoms with Crippen LogP contribution in [-0.4, -0.2) is 39.0 Å². The molecule has 0 saturated carbocycles. The van der Waals surface area contributed by atoms with E-state index in [2.05, 4.69) is 9.84 Å². The largest absolute Gasteiger partial charge is 0.481 e. The van der Waals surface area contributed by atoms with Crippen LogP contribution in [0.4, 0.5) is 0 Å². The molecule has 7 nitrogen and oxygen atoms in total. The van der Waals surface area contributed by atoms with Crippen molar-refractivity contribution in [1.82, 2.24) is 9.78 Å². The van der Waals surface area contributed by atoms with Crippen LogP contribution in [0.3, 0.4) is 0 Å². The maximum Gasteiger partial charge on any atom is 0.358 e. The Bertz CT molecular complexity index is 412. The zero-order valence-electron chi connectivity index (χ0n) is 8.88. The number of aryl methyl sites for hydroxylation is 1. The second-order valence-corrected chi connectivity index (χ2v) is 3.21. The van der Waals surface area contributed by atoms with Crippen molar-refractivity contribution in [3.05, 3.63) is 17.5 Å². The zero-order valence-corrected chi connectivity index (χ0v) is 8.88. The smallest absolute Gasteiger partial charge is 0.358 e. The van der Waals surface area contributed by atoms with E-state index in [4.69, 9.17) is 5.11 Å². The van der Waals surface area contributed by atoms with Gasteiger partial charge in [0.2, 0.25) is 0 Å². The van der Waals surface area contributed by atoms with Crippen LogP contribution in [0, 0.1) is 0 Å². The predicted molar refractivity (Wildman–Crippen MR) is 51.8 cm³/mol. The molecule has 0 aliphatic carbocycles. The average molecular weight is 228 g/mol. The van der Waals surface area contributed by atoms with E-state index in [1.54, 1.807) is 7.05 Å². The average Bonchev–Trinajstić information content (AvgIpc) is 2.58. The fourth-order valence-electron chi connectivity index (χ4n) is 1.28. The van der Waals surface area contributed by atoms with Gasteiger partial charge in [0, 0.05) is 18.8 Å². The quantitative estimate of drug-likeness (QED) is 0.687. The number of hydrogen-bond acceptors (Lipinski definition) is 5. The summed E-state index contributed by atoms with van der Waals surface area (Å²) in [7, 11) is 2.74. The molecule has 7 heteroatoms. The highest BCUT2D eigenvalue weighted by atomic mass is 16.5. The van der Waals surface area contributed by atoms with Crippen molar-refractivity contribution in [3.8, 4) is 0 Å². The summed E-state index contributed by atoms with van der Waals surface area (Å²) in [4.78, 5) is 21.7. The third kappa shape index (κ3) is 2.57. The van der Waals surface area contributed by atoms with Crippen molar-refractivity contribution < 1.29 is 24.5 Å². The highest BCUT2D eigenvalue weighted by molar-refractivity contribution is 5.89. The molecule has 0 spiro atoms. The molecule has 88 valence electrons. The van der Waals surface area contributed by atoms with Gasteiger partial charge >= 0.3 is 11.9 Å². The molecular weight excluding hydrogens is 216 g/mol. The van der Waals surface area contributed by atoms with Gasteiger partial charge < -0.3 is 14.9 Å². The van der Waals surface area contributed by atoms with E-state index in [-0.39, 0.29) is 11.3 Å². The Morgan fingerprint density at radius 2 is 2.25 bits per heavy atom. The number of carboxylic acid groups (broad SMARTS) is 1. The number of carbonyl (C=O) groups is 2. The van der Waals surface area contributed by atoms with Gasteiger partial charge in [0.05, 0.1) is 19.6 Å². The minimum atomic E-state index is -1.28. The minimum Gasteiger partial charge on any atom is -0.481 e. The Morgan fingerprint density at radius 1 is 1.62 bits per heavy atom. The number of aliphatic hydroxyl groups is 1. The van der Waals surface area contributed by atoms with Gasteiger partial charge in [0.1, 0.15) is 0 Å². The Kier molecular flexibility index (Phi) is 3.62. The van der Waals surface area contributed by atoms with Crippen molar-refractivity contribution in [3.63, 3.8) is 0 Å². The van der Waals surface area contributed by atoms with Gasteiger partial charge in [-0.3, -0.25) is 9.48 Å². The molecule has 1 aromatic rings. The molecule has 0 amide bonds. The summed E-state index contributed by atoms with van der Waals surface area (Å²) in [5.41, 5.74) is 0.0792. The van der Waals surface area contributed by atoms with Gasteiger partial charge in [-0.2, -0.15) is 5.10 Å². The number of nitrogens with zero attached hydrogens (tertiary/aromatic N) is 2. The highest BCUT2D eigenvalue weighted by Crippen LogP contribution is 2.20. The molecule has 0 saturated heterocycles. The van der Waals surface area contributed by atoms with Crippen LogP contribution in [0.5, 0.6) is 0 Å². The van der Waals surface area contributed by atoms with Gasteiger partial charge in [0.15, 0.2) is 5.69 Å². The molecule has 1 heterocycles. The third-order valence-electron chi connectivity index (χ3n) is 1.96. The monoisotopic (exact) mass is 228 g/mol. The number of rotatable bonds is 4. The van der Waals surface area contributed by atoms with E-state index in [1.165, 1.54) is 18.0 Å². The second kappa shape index (κ2) is 4.75. The molecule has 0 bridgehead atoms. The molecule has 1 rings (SSSR count). The Labute approximate surface area is 91.3 Å². The van der Waals surface area contributed by atoms with Crippen molar-refractivity contribution in [2.75, 3.05) is 7.11 Å². The van der Waals surface area contributed by atoms with Crippen LogP contribution in [-0.2, 0) is 16.6 Å². The van der Waals surface area contributed by atoms with Gasteiger partial charge in [0.25, 0.3) is 0 Å².